The van der Waals surface area contributed by atoms with E-state index in [0.29, 0.717) is 0 Å². The van der Waals surface area contributed by atoms with Crippen molar-refractivity contribution in [1.29, 1.82) is 0 Å². The van der Waals surface area contributed by atoms with Crippen molar-refractivity contribution >= 4 is 0 Å². The Morgan fingerprint density at radius 1 is 0.667 bits per heavy atom. The van der Waals surface area contributed by atoms with Gasteiger partial charge in [0.05, 0.1) is 0 Å². The second kappa shape index (κ2) is 1890. The zero-order chi connectivity index (χ0) is 8.00. The second-order valence-electron chi connectivity index (χ2n) is 0. The summed E-state index contributed by atoms with van der Waals surface area (Å²) in [5.74, 6) is 0. The van der Waals surface area contributed by atoms with Gasteiger partial charge in [0.2, 0.25) is 0 Å². The number of rotatable bonds is 0. The summed E-state index contributed by atoms with van der Waals surface area (Å²) in [6.45, 7) is 5.00. The molecule has 0 aromatic heterocycles. The van der Waals surface area contributed by atoms with E-state index in [0.717, 1.165) is 21.3 Å². The molecule has 0 saturated carbocycles. The maximum Gasteiger partial charge on any atom is 0.0319 e. The van der Waals surface area contributed by atoms with Gasteiger partial charge in [0, 0.05) is 40.8 Å². The summed E-state index contributed by atoms with van der Waals surface area (Å²) >= 11 is 0. The minimum atomic E-state index is 0. The summed E-state index contributed by atoms with van der Waals surface area (Å²) in [4.78, 5) is 0. The van der Waals surface area contributed by atoms with E-state index in [9.17, 15) is 0 Å². The van der Waals surface area contributed by atoms with Gasteiger partial charge in [-0.05, 0) is 0 Å². The zero-order valence-corrected chi connectivity index (χ0v) is 9.72. The molecule has 0 saturated heterocycles. The number of aliphatic hydroxyl groups excluding tert-OH is 3. The molecule has 0 fully saturated rings. The van der Waals surface area contributed by atoms with E-state index in [1.54, 1.807) is 6.92 Å². The minimum Gasteiger partial charge on any atom is -0.400 e. The fraction of sp³-hybridized carbons (Fsp3) is 0.800. The Morgan fingerprint density at radius 2 is 0.667 bits per heavy atom. The van der Waals surface area contributed by atoms with Crippen LogP contribution in [0, 0.1) is 6.92 Å². The smallest absolute Gasteiger partial charge is 0.0319 e. The molecule has 0 aromatic rings. The summed E-state index contributed by atoms with van der Waals surface area (Å²) in [6.07, 6.45) is 0. The molecule has 0 aliphatic heterocycles. The fourth-order valence-electron chi connectivity index (χ4n) is 0. The number of hydrogen-bond acceptors (Lipinski definition) is 3. The van der Waals surface area contributed by atoms with Gasteiger partial charge in [0.1, 0.15) is 0 Å². The van der Waals surface area contributed by atoms with E-state index in [1.807, 2.05) is 0 Å². The van der Waals surface area contributed by atoms with Gasteiger partial charge < -0.3 is 22.2 Å². The van der Waals surface area contributed by atoms with Crippen molar-refractivity contribution < 1.29 is 34.8 Å². The monoisotopic (exact) mass is 189 g/mol. The average Bonchev–Trinajstić information content (AvgIpc) is 2.03. The maximum atomic E-state index is 7.00. The molecule has 0 rings (SSSR count). The molecule has 0 amide bonds. The second-order valence-corrected chi connectivity index (χ2v) is 0. The summed E-state index contributed by atoms with van der Waals surface area (Å²) in [7, 11) is 3.00. The standard InChI is InChI=1S/C2H5.3CH4O.Zn/c4*1-2;/h1H2,2H3;3*2H,1H3;/q-1;;;;. The molecule has 0 atom stereocenters. The average molecular weight is 191 g/mol. The Bertz CT molecular complexity index is 12.2. The third-order valence-electron chi connectivity index (χ3n) is 0. The molecule has 0 bridgehead atoms. The van der Waals surface area contributed by atoms with Gasteiger partial charge in [-0.3, -0.25) is 0 Å². The van der Waals surface area contributed by atoms with Gasteiger partial charge in [0.25, 0.3) is 0 Å². The van der Waals surface area contributed by atoms with Gasteiger partial charge in [-0.2, -0.15) is 6.92 Å². The van der Waals surface area contributed by atoms with Crippen LogP contribution in [0.15, 0.2) is 0 Å². The third kappa shape index (κ3) is 1420. The normalized spacial score (nSPS) is 2.67. The van der Waals surface area contributed by atoms with Gasteiger partial charge >= 0.3 is 0 Å². The van der Waals surface area contributed by atoms with Gasteiger partial charge in [0.15, 0.2) is 0 Å². The molecule has 0 spiro atoms. The van der Waals surface area contributed by atoms with Crippen LogP contribution in [0.2, 0.25) is 0 Å². The van der Waals surface area contributed by atoms with Crippen molar-refractivity contribution in [3.63, 3.8) is 0 Å². The first-order chi connectivity index (χ1) is 4.00. The Morgan fingerprint density at radius 3 is 0.667 bits per heavy atom. The molecule has 0 heterocycles. The Hall–Kier alpha value is 0.503. The van der Waals surface area contributed by atoms with E-state index in [2.05, 4.69) is 6.92 Å². The van der Waals surface area contributed by atoms with Crippen LogP contribution >= 0.6 is 0 Å². The van der Waals surface area contributed by atoms with Crippen LogP contribution in [0.5, 0.6) is 0 Å². The molecule has 9 heavy (non-hydrogen) atoms. The van der Waals surface area contributed by atoms with Crippen LogP contribution < -0.4 is 0 Å². The van der Waals surface area contributed by atoms with Gasteiger partial charge in [-0.1, -0.05) is 0 Å². The Balaban J connectivity index is -0.00000000762. The molecule has 0 aliphatic rings. The molecule has 0 aromatic carbocycles. The van der Waals surface area contributed by atoms with Crippen LogP contribution in [-0.2, 0) is 19.5 Å². The first-order valence-corrected chi connectivity index (χ1v) is 2.05. The predicted molar refractivity (Wildman–Crippen MR) is 35.5 cm³/mol. The molecule has 4 heteroatoms. The van der Waals surface area contributed by atoms with Gasteiger partial charge in [-0.15, -0.1) is 0 Å². The van der Waals surface area contributed by atoms with Gasteiger partial charge in [-0.25, -0.2) is 0 Å². The van der Waals surface area contributed by atoms with Crippen molar-refractivity contribution in [2.45, 2.75) is 6.92 Å². The third-order valence-corrected chi connectivity index (χ3v) is 0. The molecular weight excluding hydrogens is 173 g/mol. The summed E-state index contributed by atoms with van der Waals surface area (Å²) < 4.78 is 0. The molecule has 3 nitrogen and oxygen atoms in total. The molecule has 3 N–H and O–H groups in total. The quantitative estimate of drug-likeness (QED) is 0.362. The summed E-state index contributed by atoms with van der Waals surface area (Å²) in [5, 5.41) is 21.0. The number of aliphatic hydroxyl groups is 3. The Labute approximate surface area is 70.5 Å². The molecule has 0 unspecified atom stereocenters. The molecule has 0 aliphatic carbocycles. The Kier molecular flexibility index (Phi) is 7110. The van der Waals surface area contributed by atoms with Crippen LogP contribution in [0.1, 0.15) is 6.92 Å². The van der Waals surface area contributed by atoms with Crippen LogP contribution in [-0.4, -0.2) is 36.6 Å². The van der Waals surface area contributed by atoms with E-state index in [-0.39, 0.29) is 19.5 Å². The van der Waals surface area contributed by atoms with E-state index in [4.69, 9.17) is 15.3 Å². The van der Waals surface area contributed by atoms with E-state index < -0.39 is 0 Å². The first kappa shape index (κ1) is 33.9. The van der Waals surface area contributed by atoms with Crippen LogP contribution in [0.3, 0.4) is 0 Å². The molecule has 0 radical (unpaired) electrons. The molecule has 58 valence electrons. The number of hydrogen-bond donors (Lipinski definition) is 3. The zero-order valence-electron chi connectivity index (χ0n) is 6.76. The summed E-state index contributed by atoms with van der Waals surface area (Å²) in [6, 6.07) is 0. The van der Waals surface area contributed by atoms with Crippen LogP contribution in [0.25, 0.3) is 0 Å². The van der Waals surface area contributed by atoms with Crippen LogP contribution in [0.4, 0.5) is 0 Å². The first-order valence-electron chi connectivity index (χ1n) is 2.05. The summed E-state index contributed by atoms with van der Waals surface area (Å²) in [5.41, 5.74) is 0. The van der Waals surface area contributed by atoms with E-state index >= 15 is 0 Å². The maximum absolute atomic E-state index is 7.00. The van der Waals surface area contributed by atoms with Crippen molar-refractivity contribution in [3.05, 3.63) is 6.92 Å². The van der Waals surface area contributed by atoms with Crippen molar-refractivity contribution in [1.82, 2.24) is 0 Å². The topological polar surface area (TPSA) is 60.7 Å². The SMILES string of the molecule is CO.CO.CO.[CH2-]C.[Zn]. The largest absolute Gasteiger partial charge is 0.400 e. The van der Waals surface area contributed by atoms with Crippen molar-refractivity contribution in [2.24, 2.45) is 0 Å². The predicted octanol–water partition coefficient (Wildman–Crippen LogP) is -0.337. The molecular formula is C5H17O3Zn-. The van der Waals surface area contributed by atoms with Crippen molar-refractivity contribution in [2.75, 3.05) is 21.3 Å². The minimum absolute atomic E-state index is 0. The van der Waals surface area contributed by atoms with E-state index in [1.165, 1.54) is 0 Å². The van der Waals surface area contributed by atoms with Crippen molar-refractivity contribution in [3.8, 4) is 0 Å². The fourth-order valence-corrected chi connectivity index (χ4v) is 0.